The van der Waals surface area contributed by atoms with Gasteiger partial charge in [-0.15, -0.1) is 0 Å². The Hall–Kier alpha value is -2.19. The quantitative estimate of drug-likeness (QED) is 0.875. The molecule has 0 spiro atoms. The van der Waals surface area contributed by atoms with Gasteiger partial charge in [-0.05, 0) is 29.8 Å². The van der Waals surface area contributed by atoms with Crippen LogP contribution in [0.4, 0.5) is 0 Å². The number of carbonyl (C=O) groups is 1. The molecule has 0 atom stereocenters. The molecule has 0 heterocycles. The molecule has 0 bridgehead atoms. The molecular formula is C15H15NO5S2. The fourth-order valence-electron chi connectivity index (χ4n) is 1.91. The topological polar surface area (TPSA) is 97.4 Å². The standard InChI is InChI=1S/C15H15NO5S2/c1-22(18,19)16-15(17)13-9-7-12(8-10-13)11-23(20,21)14-5-3-2-4-6-14/h2-10H,11H2,1H3,(H,16,17). The third kappa shape index (κ3) is 4.90. The zero-order valence-corrected chi connectivity index (χ0v) is 13.9. The number of amides is 1. The predicted octanol–water partition coefficient (Wildman–Crippen LogP) is 1.35. The van der Waals surface area contributed by atoms with Gasteiger partial charge in [-0.1, -0.05) is 30.3 Å². The molecule has 6 nitrogen and oxygen atoms in total. The summed E-state index contributed by atoms with van der Waals surface area (Å²) in [6, 6.07) is 13.8. The normalized spacial score (nSPS) is 11.9. The van der Waals surface area contributed by atoms with Gasteiger partial charge in [0, 0.05) is 5.56 Å². The molecule has 2 rings (SSSR count). The second-order valence-electron chi connectivity index (χ2n) is 4.97. The van der Waals surface area contributed by atoms with Crippen LogP contribution in [0, 0.1) is 0 Å². The van der Waals surface area contributed by atoms with Gasteiger partial charge in [0.05, 0.1) is 16.9 Å². The van der Waals surface area contributed by atoms with E-state index < -0.39 is 25.8 Å². The summed E-state index contributed by atoms with van der Waals surface area (Å²) in [7, 11) is -7.11. The maximum Gasteiger partial charge on any atom is 0.264 e. The summed E-state index contributed by atoms with van der Waals surface area (Å²) >= 11 is 0. The summed E-state index contributed by atoms with van der Waals surface area (Å²) in [5, 5.41) is 0. The summed E-state index contributed by atoms with van der Waals surface area (Å²) in [5.41, 5.74) is 0.640. The molecule has 0 aromatic heterocycles. The van der Waals surface area contributed by atoms with Gasteiger partial charge in [-0.3, -0.25) is 4.79 Å². The smallest absolute Gasteiger partial charge is 0.264 e. The van der Waals surface area contributed by atoms with Crippen LogP contribution < -0.4 is 4.72 Å². The Kier molecular flexibility index (Phi) is 4.86. The van der Waals surface area contributed by atoms with Gasteiger partial charge in [0.1, 0.15) is 0 Å². The largest absolute Gasteiger partial charge is 0.268 e. The Bertz CT molecular complexity index is 902. The van der Waals surface area contributed by atoms with E-state index in [9.17, 15) is 21.6 Å². The van der Waals surface area contributed by atoms with E-state index in [4.69, 9.17) is 0 Å². The number of benzene rings is 2. The van der Waals surface area contributed by atoms with Crippen molar-refractivity contribution >= 4 is 25.8 Å². The lowest BCUT2D eigenvalue weighted by atomic mass is 10.1. The van der Waals surface area contributed by atoms with Crippen molar-refractivity contribution in [3.8, 4) is 0 Å². The molecule has 2 aromatic rings. The fraction of sp³-hybridized carbons (Fsp3) is 0.133. The Morgan fingerprint density at radius 3 is 2.00 bits per heavy atom. The maximum atomic E-state index is 12.2. The number of rotatable bonds is 5. The van der Waals surface area contributed by atoms with E-state index in [2.05, 4.69) is 0 Å². The second-order valence-corrected chi connectivity index (χ2v) is 8.71. The minimum Gasteiger partial charge on any atom is -0.268 e. The van der Waals surface area contributed by atoms with Crippen LogP contribution in [-0.4, -0.2) is 29.0 Å². The third-order valence-corrected chi connectivity index (χ3v) is 5.21. The van der Waals surface area contributed by atoms with Crippen molar-refractivity contribution in [2.45, 2.75) is 10.6 Å². The van der Waals surface area contributed by atoms with Gasteiger partial charge in [0.2, 0.25) is 10.0 Å². The Morgan fingerprint density at radius 2 is 1.48 bits per heavy atom. The molecule has 0 saturated heterocycles. The molecule has 23 heavy (non-hydrogen) atoms. The van der Waals surface area contributed by atoms with Crippen LogP contribution in [0.2, 0.25) is 0 Å². The highest BCUT2D eigenvalue weighted by atomic mass is 32.2. The Morgan fingerprint density at radius 1 is 0.913 bits per heavy atom. The van der Waals surface area contributed by atoms with Crippen molar-refractivity contribution in [1.82, 2.24) is 4.72 Å². The zero-order chi connectivity index (χ0) is 17.1. The minimum atomic E-state index is -3.64. The Labute approximate surface area is 135 Å². The molecular weight excluding hydrogens is 338 g/mol. The van der Waals surface area contributed by atoms with Crippen molar-refractivity contribution in [3.05, 3.63) is 65.7 Å². The third-order valence-electron chi connectivity index (χ3n) is 2.95. The summed E-state index contributed by atoms with van der Waals surface area (Å²) < 4.78 is 48.4. The van der Waals surface area contributed by atoms with E-state index in [1.54, 1.807) is 18.2 Å². The molecule has 0 aliphatic carbocycles. The number of hydrogen-bond acceptors (Lipinski definition) is 5. The first kappa shape index (κ1) is 17.2. The molecule has 0 radical (unpaired) electrons. The van der Waals surface area contributed by atoms with Crippen LogP contribution in [0.15, 0.2) is 59.5 Å². The summed E-state index contributed by atoms with van der Waals surface area (Å²) in [6.45, 7) is 0. The van der Waals surface area contributed by atoms with Crippen LogP contribution in [0.3, 0.4) is 0 Å². The number of sulfonamides is 1. The average molecular weight is 353 g/mol. The highest BCUT2D eigenvalue weighted by Crippen LogP contribution is 2.16. The zero-order valence-electron chi connectivity index (χ0n) is 12.3. The van der Waals surface area contributed by atoms with Crippen LogP contribution in [0.1, 0.15) is 15.9 Å². The van der Waals surface area contributed by atoms with Crippen molar-refractivity contribution in [2.75, 3.05) is 6.26 Å². The van der Waals surface area contributed by atoms with Crippen molar-refractivity contribution < 1.29 is 21.6 Å². The van der Waals surface area contributed by atoms with E-state index in [0.29, 0.717) is 5.56 Å². The molecule has 8 heteroatoms. The van der Waals surface area contributed by atoms with Crippen LogP contribution in [0.5, 0.6) is 0 Å². The Balaban J connectivity index is 2.16. The molecule has 1 N–H and O–H groups in total. The van der Waals surface area contributed by atoms with Crippen molar-refractivity contribution in [1.29, 1.82) is 0 Å². The van der Waals surface area contributed by atoms with Gasteiger partial charge < -0.3 is 0 Å². The molecule has 0 saturated carbocycles. The number of nitrogens with one attached hydrogen (secondary N) is 1. The summed E-state index contributed by atoms with van der Waals surface area (Å²) in [5.74, 6) is -0.963. The number of hydrogen-bond donors (Lipinski definition) is 1. The van der Waals surface area contributed by atoms with E-state index in [1.165, 1.54) is 36.4 Å². The highest BCUT2D eigenvalue weighted by molar-refractivity contribution is 7.90. The van der Waals surface area contributed by atoms with Gasteiger partial charge in [-0.25, -0.2) is 21.6 Å². The molecule has 0 fully saturated rings. The van der Waals surface area contributed by atoms with Gasteiger partial charge in [-0.2, -0.15) is 0 Å². The van der Waals surface area contributed by atoms with Crippen molar-refractivity contribution in [3.63, 3.8) is 0 Å². The van der Waals surface area contributed by atoms with Gasteiger partial charge in [0.15, 0.2) is 9.84 Å². The molecule has 0 aliphatic heterocycles. The first-order valence-electron chi connectivity index (χ1n) is 6.56. The summed E-state index contributed by atoms with van der Waals surface area (Å²) in [6.07, 6.45) is 0.881. The van der Waals surface area contributed by atoms with Crippen molar-refractivity contribution in [2.24, 2.45) is 0 Å². The average Bonchev–Trinajstić information content (AvgIpc) is 2.47. The molecule has 2 aromatic carbocycles. The highest BCUT2D eigenvalue weighted by Gasteiger charge is 2.16. The molecule has 0 aliphatic rings. The lowest BCUT2D eigenvalue weighted by molar-refractivity contribution is 0.0981. The number of sulfone groups is 1. The molecule has 0 unspecified atom stereocenters. The van der Waals surface area contributed by atoms with Crippen LogP contribution >= 0.6 is 0 Å². The summed E-state index contributed by atoms with van der Waals surface area (Å²) in [4.78, 5) is 11.9. The maximum absolute atomic E-state index is 12.2. The van der Waals surface area contributed by atoms with E-state index in [0.717, 1.165) is 6.26 Å². The van der Waals surface area contributed by atoms with Crippen LogP contribution in [0.25, 0.3) is 0 Å². The van der Waals surface area contributed by atoms with Crippen LogP contribution in [-0.2, 0) is 25.6 Å². The van der Waals surface area contributed by atoms with E-state index in [-0.39, 0.29) is 16.2 Å². The van der Waals surface area contributed by atoms with E-state index in [1.807, 2.05) is 4.72 Å². The number of carbonyl (C=O) groups excluding carboxylic acids is 1. The monoisotopic (exact) mass is 353 g/mol. The molecule has 122 valence electrons. The predicted molar refractivity (Wildman–Crippen MR) is 86.1 cm³/mol. The second kappa shape index (κ2) is 6.51. The SMILES string of the molecule is CS(=O)(=O)NC(=O)c1ccc(CS(=O)(=O)c2ccccc2)cc1. The van der Waals surface area contributed by atoms with E-state index >= 15 is 0 Å². The first-order valence-corrected chi connectivity index (χ1v) is 10.1. The lowest BCUT2D eigenvalue weighted by Gasteiger charge is -2.06. The molecule has 1 amide bonds. The van der Waals surface area contributed by atoms with Gasteiger partial charge >= 0.3 is 0 Å². The fourth-order valence-corrected chi connectivity index (χ4v) is 3.73. The minimum absolute atomic E-state index is 0.135. The lowest BCUT2D eigenvalue weighted by Crippen LogP contribution is -2.29. The first-order chi connectivity index (χ1) is 10.7. The van der Waals surface area contributed by atoms with Gasteiger partial charge in [0.25, 0.3) is 5.91 Å².